The fourth-order valence-corrected chi connectivity index (χ4v) is 4.14. The van der Waals surface area contributed by atoms with E-state index in [-0.39, 0.29) is 0 Å². The van der Waals surface area contributed by atoms with Crippen molar-refractivity contribution in [3.63, 3.8) is 0 Å². The van der Waals surface area contributed by atoms with Crippen molar-refractivity contribution in [1.29, 1.82) is 0 Å². The van der Waals surface area contributed by atoms with Gasteiger partial charge in [-0.1, -0.05) is 33.1 Å². The van der Waals surface area contributed by atoms with E-state index in [1.165, 1.54) is 44.9 Å². The second kappa shape index (κ2) is 5.56. The zero-order valence-corrected chi connectivity index (χ0v) is 12.3. The van der Waals surface area contributed by atoms with Crippen molar-refractivity contribution in [2.45, 2.75) is 70.9 Å². The van der Waals surface area contributed by atoms with Gasteiger partial charge in [-0.3, -0.25) is 0 Å². The lowest BCUT2D eigenvalue weighted by atomic mass is 9.93. The zero-order chi connectivity index (χ0) is 13.2. The Morgan fingerprint density at radius 1 is 1.26 bits per heavy atom. The minimum Gasteiger partial charge on any atom is -0.353 e. The summed E-state index contributed by atoms with van der Waals surface area (Å²) in [5, 5.41) is 3.67. The van der Waals surface area contributed by atoms with E-state index < -0.39 is 0 Å². The molecule has 0 bridgehead atoms. The summed E-state index contributed by atoms with van der Waals surface area (Å²) >= 11 is 0. The average molecular weight is 261 g/mol. The van der Waals surface area contributed by atoms with E-state index in [4.69, 9.17) is 0 Å². The standard InChI is InChI=1S/C16H27N3/c1-3-13-8-9-15(12(13)2)19-11-10-17-16(19)18-14-6-4-5-7-14/h10-15H,3-9H2,1-2H3,(H,17,18). The van der Waals surface area contributed by atoms with Gasteiger partial charge in [0.25, 0.3) is 0 Å². The summed E-state index contributed by atoms with van der Waals surface area (Å²) in [6.07, 6.45) is 13.5. The van der Waals surface area contributed by atoms with Gasteiger partial charge in [0.15, 0.2) is 0 Å². The third-order valence-electron chi connectivity index (χ3n) is 5.42. The van der Waals surface area contributed by atoms with Gasteiger partial charge in [0.2, 0.25) is 5.95 Å². The second-order valence-corrected chi connectivity index (χ2v) is 6.46. The summed E-state index contributed by atoms with van der Waals surface area (Å²) in [4.78, 5) is 4.56. The molecule has 19 heavy (non-hydrogen) atoms. The quantitative estimate of drug-likeness (QED) is 0.878. The average Bonchev–Trinajstić information content (AvgIpc) is 3.11. The van der Waals surface area contributed by atoms with Crippen LogP contribution in [0, 0.1) is 11.8 Å². The molecule has 3 atom stereocenters. The van der Waals surface area contributed by atoms with Crippen molar-refractivity contribution in [3.8, 4) is 0 Å². The lowest BCUT2D eigenvalue weighted by molar-refractivity contribution is 0.331. The molecule has 0 aromatic carbocycles. The van der Waals surface area contributed by atoms with Crippen LogP contribution in [0.2, 0.25) is 0 Å². The summed E-state index contributed by atoms with van der Waals surface area (Å²) in [6.45, 7) is 4.75. The van der Waals surface area contributed by atoms with Crippen LogP contribution in [-0.4, -0.2) is 15.6 Å². The summed E-state index contributed by atoms with van der Waals surface area (Å²) in [7, 11) is 0. The molecule has 3 heteroatoms. The molecule has 106 valence electrons. The van der Waals surface area contributed by atoms with Crippen molar-refractivity contribution in [2.75, 3.05) is 5.32 Å². The Labute approximate surface area is 116 Å². The number of rotatable bonds is 4. The maximum atomic E-state index is 4.56. The molecular formula is C16H27N3. The fraction of sp³-hybridized carbons (Fsp3) is 0.812. The van der Waals surface area contributed by atoms with Crippen LogP contribution in [0.1, 0.15) is 64.8 Å². The number of nitrogens with zero attached hydrogens (tertiary/aromatic N) is 2. The van der Waals surface area contributed by atoms with Crippen molar-refractivity contribution in [1.82, 2.24) is 9.55 Å². The smallest absolute Gasteiger partial charge is 0.203 e. The minimum absolute atomic E-state index is 0.649. The summed E-state index contributed by atoms with van der Waals surface area (Å²) < 4.78 is 2.42. The Morgan fingerprint density at radius 2 is 2.05 bits per heavy atom. The number of hydrogen-bond donors (Lipinski definition) is 1. The number of imidazole rings is 1. The highest BCUT2D eigenvalue weighted by Gasteiger charge is 2.33. The maximum absolute atomic E-state index is 4.56. The fourth-order valence-electron chi connectivity index (χ4n) is 4.14. The third-order valence-corrected chi connectivity index (χ3v) is 5.42. The van der Waals surface area contributed by atoms with Gasteiger partial charge in [-0.15, -0.1) is 0 Å². The first-order valence-electron chi connectivity index (χ1n) is 8.09. The van der Waals surface area contributed by atoms with Crippen LogP contribution >= 0.6 is 0 Å². The molecule has 1 aromatic rings. The minimum atomic E-state index is 0.649. The highest BCUT2D eigenvalue weighted by Crippen LogP contribution is 2.42. The van der Waals surface area contributed by atoms with Crippen LogP contribution in [0.15, 0.2) is 12.4 Å². The van der Waals surface area contributed by atoms with Crippen LogP contribution in [0.4, 0.5) is 5.95 Å². The maximum Gasteiger partial charge on any atom is 0.203 e. The predicted molar refractivity (Wildman–Crippen MR) is 79.3 cm³/mol. The first-order valence-corrected chi connectivity index (χ1v) is 8.09. The number of anilines is 1. The number of aromatic nitrogens is 2. The molecule has 3 unspecified atom stereocenters. The number of hydrogen-bond acceptors (Lipinski definition) is 2. The zero-order valence-electron chi connectivity index (χ0n) is 12.3. The van der Waals surface area contributed by atoms with E-state index in [0.29, 0.717) is 12.1 Å². The molecule has 2 aliphatic rings. The Kier molecular flexibility index (Phi) is 3.81. The van der Waals surface area contributed by atoms with Crippen LogP contribution in [0.25, 0.3) is 0 Å². The van der Waals surface area contributed by atoms with Crippen molar-refractivity contribution >= 4 is 5.95 Å². The van der Waals surface area contributed by atoms with Gasteiger partial charge in [-0.25, -0.2) is 4.98 Å². The molecular weight excluding hydrogens is 234 g/mol. The molecule has 1 N–H and O–H groups in total. The van der Waals surface area contributed by atoms with E-state index >= 15 is 0 Å². The van der Waals surface area contributed by atoms with Gasteiger partial charge in [-0.05, 0) is 37.5 Å². The molecule has 3 nitrogen and oxygen atoms in total. The van der Waals surface area contributed by atoms with Gasteiger partial charge in [0.05, 0.1) is 0 Å². The molecule has 2 saturated carbocycles. The molecule has 0 aliphatic heterocycles. The molecule has 3 rings (SSSR count). The summed E-state index contributed by atoms with van der Waals surface area (Å²) in [5.74, 6) is 2.79. The summed E-state index contributed by atoms with van der Waals surface area (Å²) in [6, 6.07) is 1.30. The van der Waals surface area contributed by atoms with Crippen molar-refractivity contribution in [3.05, 3.63) is 12.4 Å². The van der Waals surface area contributed by atoms with E-state index in [1.54, 1.807) is 0 Å². The van der Waals surface area contributed by atoms with Crippen LogP contribution in [0.3, 0.4) is 0 Å². The predicted octanol–water partition coefficient (Wildman–Crippen LogP) is 4.23. The van der Waals surface area contributed by atoms with Crippen LogP contribution < -0.4 is 5.32 Å². The van der Waals surface area contributed by atoms with Crippen LogP contribution in [0.5, 0.6) is 0 Å². The molecule has 1 heterocycles. The molecule has 0 spiro atoms. The van der Waals surface area contributed by atoms with E-state index in [0.717, 1.165) is 17.8 Å². The Bertz CT molecular complexity index is 406. The first-order chi connectivity index (χ1) is 9.29. The Morgan fingerprint density at radius 3 is 2.74 bits per heavy atom. The van der Waals surface area contributed by atoms with E-state index in [1.807, 2.05) is 6.20 Å². The topological polar surface area (TPSA) is 29.9 Å². The molecule has 0 amide bonds. The molecule has 0 radical (unpaired) electrons. The van der Waals surface area contributed by atoms with Crippen LogP contribution in [-0.2, 0) is 0 Å². The van der Waals surface area contributed by atoms with Gasteiger partial charge in [0, 0.05) is 24.5 Å². The van der Waals surface area contributed by atoms with Gasteiger partial charge in [0.1, 0.15) is 0 Å². The SMILES string of the molecule is CCC1CCC(n2ccnc2NC2CCCC2)C1C. The molecule has 2 aliphatic carbocycles. The Hall–Kier alpha value is -0.990. The third kappa shape index (κ3) is 2.52. The van der Waals surface area contributed by atoms with E-state index in [2.05, 4.69) is 34.9 Å². The summed E-state index contributed by atoms with van der Waals surface area (Å²) in [5.41, 5.74) is 0. The van der Waals surface area contributed by atoms with Gasteiger partial charge < -0.3 is 9.88 Å². The Balaban J connectivity index is 1.72. The monoisotopic (exact) mass is 261 g/mol. The lowest BCUT2D eigenvalue weighted by Crippen LogP contribution is -2.22. The molecule has 0 saturated heterocycles. The van der Waals surface area contributed by atoms with E-state index in [9.17, 15) is 0 Å². The lowest BCUT2D eigenvalue weighted by Gasteiger charge is -2.24. The highest BCUT2D eigenvalue weighted by molar-refractivity contribution is 5.29. The van der Waals surface area contributed by atoms with Crippen molar-refractivity contribution < 1.29 is 0 Å². The second-order valence-electron chi connectivity index (χ2n) is 6.46. The molecule has 2 fully saturated rings. The van der Waals surface area contributed by atoms with Crippen molar-refractivity contribution in [2.24, 2.45) is 11.8 Å². The highest BCUT2D eigenvalue weighted by atomic mass is 15.2. The molecule has 1 aromatic heterocycles. The van der Waals surface area contributed by atoms with Gasteiger partial charge >= 0.3 is 0 Å². The van der Waals surface area contributed by atoms with Gasteiger partial charge in [-0.2, -0.15) is 0 Å². The first kappa shape index (κ1) is 13.0. The largest absolute Gasteiger partial charge is 0.353 e. The number of nitrogens with one attached hydrogen (secondary N) is 1. The normalized spacial score (nSPS) is 32.0.